The zero-order valence-corrected chi connectivity index (χ0v) is 18.8. The Kier molecular flexibility index (Phi) is 7.63. The summed E-state index contributed by atoms with van der Waals surface area (Å²) in [5.74, 6) is -0.445. The fourth-order valence-electron chi connectivity index (χ4n) is 5.40. The third-order valence-electron chi connectivity index (χ3n) is 7.15. The molecule has 1 saturated carbocycles. The molecule has 1 saturated heterocycles. The van der Waals surface area contributed by atoms with Crippen LogP contribution in [0.4, 0.5) is 17.6 Å². The average Bonchev–Trinajstić information content (AvgIpc) is 2.82. The Hall–Kier alpha value is -2.38. The van der Waals surface area contributed by atoms with Crippen LogP contribution in [0.15, 0.2) is 18.2 Å². The van der Waals surface area contributed by atoms with Crippen molar-refractivity contribution in [1.82, 2.24) is 10.2 Å². The molecule has 2 bridgehead atoms. The van der Waals surface area contributed by atoms with E-state index in [1.165, 1.54) is 11.0 Å². The van der Waals surface area contributed by atoms with Gasteiger partial charge >= 0.3 is 6.18 Å². The molecule has 0 aromatic heterocycles. The monoisotopic (exact) mass is 483 g/mol. The van der Waals surface area contributed by atoms with Gasteiger partial charge in [0, 0.05) is 18.2 Å². The molecule has 3 atom stereocenters. The normalized spacial score (nSPS) is 28.9. The third-order valence-corrected chi connectivity index (χ3v) is 7.15. The quantitative estimate of drug-likeness (QED) is 0.657. The number of alkyl halides is 3. The van der Waals surface area contributed by atoms with E-state index in [1.54, 1.807) is 18.2 Å². The molecule has 5 rings (SSSR count). The number of nitrogens with zero attached hydrogens (tertiary/aromatic N) is 2. The highest BCUT2D eigenvalue weighted by molar-refractivity contribution is 5.78. The highest BCUT2D eigenvalue weighted by Crippen LogP contribution is 2.40. The first-order chi connectivity index (χ1) is 16.3. The number of amides is 1. The fraction of sp³-hybridized carbons (Fsp3) is 0.667. The zero-order chi connectivity index (χ0) is 24.3. The second-order valence-electron chi connectivity index (χ2n) is 9.27. The van der Waals surface area contributed by atoms with E-state index in [-0.39, 0.29) is 37.0 Å². The summed E-state index contributed by atoms with van der Waals surface area (Å²) in [7, 11) is 0. The second-order valence-corrected chi connectivity index (χ2v) is 9.27. The molecule has 2 fully saturated rings. The van der Waals surface area contributed by atoms with E-state index in [0.29, 0.717) is 56.4 Å². The Labute approximate surface area is 196 Å². The van der Waals surface area contributed by atoms with Crippen molar-refractivity contribution < 1.29 is 31.8 Å². The molecular weight excluding hydrogens is 454 g/mol. The van der Waals surface area contributed by atoms with E-state index in [9.17, 15) is 22.4 Å². The summed E-state index contributed by atoms with van der Waals surface area (Å²) in [6.07, 6.45) is -1.68. The van der Waals surface area contributed by atoms with Crippen molar-refractivity contribution in [1.29, 1.82) is 5.26 Å². The number of nitrogens with one attached hydrogen (secondary N) is 1. The summed E-state index contributed by atoms with van der Waals surface area (Å²) < 4.78 is 67.1. The van der Waals surface area contributed by atoms with Crippen molar-refractivity contribution >= 4 is 5.91 Å². The highest BCUT2D eigenvalue weighted by Gasteiger charge is 2.44. The van der Waals surface area contributed by atoms with E-state index in [2.05, 4.69) is 5.32 Å². The van der Waals surface area contributed by atoms with Gasteiger partial charge in [-0.1, -0.05) is 6.07 Å². The Bertz CT molecular complexity index is 912. The molecule has 186 valence electrons. The Balaban J connectivity index is 1.60. The lowest BCUT2D eigenvalue weighted by molar-refractivity contribution is -0.161. The number of hydrogen-bond acceptors (Lipinski definition) is 5. The van der Waals surface area contributed by atoms with Gasteiger partial charge < -0.3 is 19.7 Å². The molecule has 1 aromatic rings. The van der Waals surface area contributed by atoms with Crippen LogP contribution in [0.5, 0.6) is 5.75 Å². The summed E-state index contributed by atoms with van der Waals surface area (Å²) in [6.45, 7) is 0.126. The number of nitriles is 1. The van der Waals surface area contributed by atoms with Gasteiger partial charge in [0.2, 0.25) is 0 Å². The topological polar surface area (TPSA) is 74.6 Å². The first-order valence-electron chi connectivity index (χ1n) is 11.8. The second kappa shape index (κ2) is 10.5. The van der Waals surface area contributed by atoms with Crippen molar-refractivity contribution in [3.05, 3.63) is 29.6 Å². The lowest BCUT2D eigenvalue weighted by Gasteiger charge is -2.43. The standard InChI is InChI=1S/C24H29F4N3O3/c25-17-3-1-5-20-23(17)15-6-8-16(9-7-15)33-13-19-18(30-21(10-11-29)24(26,27)28)4-2-12-31(19)22(32)14-34-20/h1,3,5,15-16,18-19,21,30H,2,4,6-10,12-14H2/t15?,16?,18-,19-,21+/m0/s1. The Morgan fingerprint density at radius 3 is 2.68 bits per heavy atom. The van der Waals surface area contributed by atoms with E-state index in [0.717, 1.165) is 0 Å². The van der Waals surface area contributed by atoms with Gasteiger partial charge in [0.25, 0.3) is 5.91 Å². The highest BCUT2D eigenvalue weighted by atomic mass is 19.4. The Morgan fingerprint density at radius 2 is 1.97 bits per heavy atom. The van der Waals surface area contributed by atoms with Crippen molar-refractivity contribution in [2.45, 2.75) is 81.3 Å². The predicted octanol–water partition coefficient (Wildman–Crippen LogP) is 4.05. The number of benzene rings is 1. The number of piperidine rings is 1. The molecule has 6 nitrogen and oxygen atoms in total. The van der Waals surface area contributed by atoms with E-state index in [4.69, 9.17) is 14.7 Å². The average molecular weight is 484 g/mol. The van der Waals surface area contributed by atoms with Gasteiger partial charge in [0.15, 0.2) is 6.61 Å². The molecule has 34 heavy (non-hydrogen) atoms. The van der Waals surface area contributed by atoms with Crippen LogP contribution < -0.4 is 10.1 Å². The molecule has 10 heteroatoms. The molecule has 1 aromatic carbocycles. The molecule has 0 unspecified atom stereocenters. The minimum Gasteiger partial charge on any atom is -0.483 e. The van der Waals surface area contributed by atoms with Gasteiger partial charge in [-0.25, -0.2) is 4.39 Å². The van der Waals surface area contributed by atoms with Gasteiger partial charge in [0.1, 0.15) is 17.6 Å². The predicted molar refractivity (Wildman–Crippen MR) is 115 cm³/mol. The lowest BCUT2D eigenvalue weighted by atomic mass is 9.82. The number of hydrogen-bond donors (Lipinski definition) is 1. The number of carbonyl (C=O) groups is 1. The van der Waals surface area contributed by atoms with E-state index >= 15 is 0 Å². The number of carbonyl (C=O) groups excluding carboxylic acids is 1. The molecule has 4 aliphatic rings. The largest absolute Gasteiger partial charge is 0.483 e. The van der Waals surface area contributed by atoms with Crippen molar-refractivity contribution in [2.24, 2.45) is 0 Å². The van der Waals surface area contributed by atoms with Crippen LogP contribution in [0.25, 0.3) is 0 Å². The molecule has 0 radical (unpaired) electrons. The van der Waals surface area contributed by atoms with Crippen LogP contribution in [0.3, 0.4) is 0 Å². The van der Waals surface area contributed by atoms with E-state index < -0.39 is 30.7 Å². The minimum atomic E-state index is -4.58. The van der Waals surface area contributed by atoms with Crippen LogP contribution in [0.2, 0.25) is 0 Å². The SMILES string of the molecule is N#CC[C@@H](N[C@H]1CCCN2C(=O)COc3cccc(F)c3C3CCC(CC3)OC[C@@H]12)C(F)(F)F. The molecule has 3 heterocycles. The van der Waals surface area contributed by atoms with Crippen LogP contribution in [-0.2, 0) is 9.53 Å². The number of ether oxygens (including phenoxy) is 2. The van der Waals surface area contributed by atoms with Crippen LogP contribution in [0, 0.1) is 17.1 Å². The molecule has 1 amide bonds. The maximum atomic E-state index is 14.7. The maximum Gasteiger partial charge on any atom is 0.404 e. The Morgan fingerprint density at radius 1 is 1.21 bits per heavy atom. The van der Waals surface area contributed by atoms with Crippen LogP contribution in [0.1, 0.15) is 56.4 Å². The van der Waals surface area contributed by atoms with Gasteiger partial charge in [-0.05, 0) is 56.6 Å². The summed E-state index contributed by atoms with van der Waals surface area (Å²) in [6, 6.07) is 2.90. The van der Waals surface area contributed by atoms with E-state index in [1.807, 2.05) is 0 Å². The van der Waals surface area contributed by atoms with Gasteiger partial charge in [-0.3, -0.25) is 4.79 Å². The smallest absolute Gasteiger partial charge is 0.404 e. The first kappa shape index (κ1) is 24.7. The summed E-state index contributed by atoms with van der Waals surface area (Å²) in [4.78, 5) is 14.6. The lowest BCUT2D eigenvalue weighted by Crippen LogP contribution is -2.62. The number of fused-ring (bicyclic) bond motifs is 5. The van der Waals surface area contributed by atoms with Crippen LogP contribution >= 0.6 is 0 Å². The van der Waals surface area contributed by atoms with Gasteiger partial charge in [-0.15, -0.1) is 0 Å². The van der Waals surface area contributed by atoms with Gasteiger partial charge in [-0.2, -0.15) is 18.4 Å². The summed E-state index contributed by atoms with van der Waals surface area (Å²) in [5.41, 5.74) is 0.479. The van der Waals surface area contributed by atoms with Gasteiger partial charge in [0.05, 0.1) is 31.2 Å². The van der Waals surface area contributed by atoms with Crippen molar-refractivity contribution in [3.63, 3.8) is 0 Å². The number of rotatable bonds is 3. The third kappa shape index (κ3) is 5.47. The van der Waals surface area contributed by atoms with Crippen molar-refractivity contribution in [3.8, 4) is 11.8 Å². The number of halogens is 4. The summed E-state index contributed by atoms with van der Waals surface area (Å²) in [5, 5.41) is 11.5. The zero-order valence-electron chi connectivity index (χ0n) is 18.8. The molecule has 3 aliphatic heterocycles. The molecule has 1 N–H and O–H groups in total. The van der Waals surface area contributed by atoms with Crippen LogP contribution in [-0.4, -0.2) is 61.0 Å². The minimum absolute atomic E-state index is 0.0394. The first-order valence-corrected chi connectivity index (χ1v) is 11.8. The molecule has 0 spiro atoms. The molecule has 1 aliphatic carbocycles. The van der Waals surface area contributed by atoms with Crippen molar-refractivity contribution in [2.75, 3.05) is 19.8 Å². The summed E-state index contributed by atoms with van der Waals surface area (Å²) >= 11 is 0. The molecular formula is C24H29F4N3O3. The fourth-order valence-corrected chi connectivity index (χ4v) is 5.40. The maximum absolute atomic E-state index is 14.7.